The van der Waals surface area contributed by atoms with Gasteiger partial charge in [-0.1, -0.05) is 78.9 Å². The number of carbonyl (C=O) groups is 1. The Morgan fingerprint density at radius 2 is 1.05 bits per heavy atom. The lowest BCUT2D eigenvalue weighted by atomic mass is 10.0. The van der Waals surface area contributed by atoms with Crippen LogP contribution in [-0.2, 0) is 0 Å². The third-order valence-electron chi connectivity index (χ3n) is 4.06. The Bertz CT molecular complexity index is 841. The van der Waals surface area contributed by atoms with Crippen LogP contribution in [-0.4, -0.2) is 5.78 Å². The van der Waals surface area contributed by atoms with Crippen LogP contribution in [0.4, 0.5) is 0 Å². The van der Waals surface area contributed by atoms with Gasteiger partial charge >= 0.3 is 0 Å². The molecule has 1 nitrogen and oxygen atoms in total. The van der Waals surface area contributed by atoms with Gasteiger partial charge in [-0.15, -0.1) is 0 Å². The molecule has 0 fully saturated rings. The number of hydrogen-bond donors (Lipinski definition) is 0. The molecule has 0 atom stereocenters. The van der Waals surface area contributed by atoms with E-state index in [9.17, 15) is 4.79 Å². The van der Waals surface area contributed by atoms with Gasteiger partial charge in [-0.3, -0.25) is 4.79 Å². The van der Waals surface area contributed by atoms with Crippen LogP contribution in [0.25, 0.3) is 16.7 Å². The lowest BCUT2D eigenvalue weighted by Crippen LogP contribution is -1.95. The molecule has 0 unspecified atom stereocenters. The largest absolute Gasteiger partial charge is 0.289 e. The van der Waals surface area contributed by atoms with E-state index in [-0.39, 0.29) is 5.78 Å². The Morgan fingerprint density at radius 3 is 1.59 bits per heavy atom. The molecular weight excluding hydrogens is 268 g/mol. The van der Waals surface area contributed by atoms with E-state index >= 15 is 0 Å². The van der Waals surface area contributed by atoms with Crippen LogP contribution >= 0.6 is 0 Å². The highest BCUT2D eigenvalue weighted by Crippen LogP contribution is 2.43. The second kappa shape index (κ2) is 5.12. The van der Waals surface area contributed by atoms with Crippen LogP contribution in [0.5, 0.6) is 0 Å². The Kier molecular flexibility index (Phi) is 2.97. The highest BCUT2D eigenvalue weighted by molar-refractivity contribution is 6.14. The molecule has 1 heteroatoms. The van der Waals surface area contributed by atoms with Gasteiger partial charge in [0.15, 0.2) is 5.78 Å². The molecule has 0 saturated carbocycles. The van der Waals surface area contributed by atoms with Crippen molar-refractivity contribution in [3.8, 4) is 11.1 Å². The predicted octanol–water partition coefficient (Wildman–Crippen LogP) is 4.98. The molecular formula is C21H14O. The number of carbonyl (C=O) groups excluding carboxylic acids is 1. The molecule has 0 saturated heterocycles. The molecule has 0 spiro atoms. The van der Waals surface area contributed by atoms with E-state index < -0.39 is 0 Å². The number of hydrogen-bond acceptors (Lipinski definition) is 1. The lowest BCUT2D eigenvalue weighted by Gasteiger charge is -2.02. The summed E-state index contributed by atoms with van der Waals surface area (Å²) in [4.78, 5) is 12.5. The SMILES string of the molecule is O=C(C=C1c2ccccc2-c2ccccc21)c1ccccc1. The molecule has 3 aromatic rings. The van der Waals surface area contributed by atoms with Crippen LogP contribution in [0.2, 0.25) is 0 Å². The summed E-state index contributed by atoms with van der Waals surface area (Å²) in [5, 5.41) is 0. The molecule has 0 N–H and O–H groups in total. The topological polar surface area (TPSA) is 17.1 Å². The summed E-state index contributed by atoms with van der Waals surface area (Å²) in [6, 6.07) is 25.9. The molecule has 0 heterocycles. The minimum atomic E-state index is 0.0436. The molecule has 0 radical (unpaired) electrons. The molecule has 1 aliphatic carbocycles. The summed E-state index contributed by atoms with van der Waals surface area (Å²) in [5.74, 6) is 0.0436. The van der Waals surface area contributed by atoms with Crippen LogP contribution in [0.3, 0.4) is 0 Å². The van der Waals surface area contributed by atoms with Crippen molar-refractivity contribution in [2.45, 2.75) is 0 Å². The molecule has 0 bridgehead atoms. The quantitative estimate of drug-likeness (QED) is 0.374. The van der Waals surface area contributed by atoms with Crippen LogP contribution < -0.4 is 0 Å². The van der Waals surface area contributed by atoms with E-state index in [1.165, 1.54) is 11.1 Å². The van der Waals surface area contributed by atoms with Crippen molar-refractivity contribution in [3.63, 3.8) is 0 Å². The molecule has 3 aromatic carbocycles. The van der Waals surface area contributed by atoms with Crippen LogP contribution in [0, 0.1) is 0 Å². The van der Waals surface area contributed by atoms with E-state index in [1.54, 1.807) is 6.08 Å². The summed E-state index contributed by atoms with van der Waals surface area (Å²) in [7, 11) is 0. The molecule has 104 valence electrons. The second-order valence-corrected chi connectivity index (χ2v) is 5.38. The van der Waals surface area contributed by atoms with Gasteiger partial charge in [-0.05, 0) is 33.9 Å². The maximum atomic E-state index is 12.5. The van der Waals surface area contributed by atoms with E-state index in [4.69, 9.17) is 0 Å². The van der Waals surface area contributed by atoms with E-state index in [1.807, 2.05) is 54.6 Å². The van der Waals surface area contributed by atoms with Gasteiger partial charge in [-0.25, -0.2) is 0 Å². The van der Waals surface area contributed by atoms with Gasteiger partial charge in [-0.2, -0.15) is 0 Å². The van der Waals surface area contributed by atoms with E-state index in [0.29, 0.717) is 0 Å². The summed E-state index contributed by atoms with van der Waals surface area (Å²) < 4.78 is 0. The highest BCUT2D eigenvalue weighted by atomic mass is 16.1. The molecule has 1 aliphatic rings. The number of rotatable bonds is 2. The van der Waals surface area contributed by atoms with Crippen molar-refractivity contribution in [2.75, 3.05) is 0 Å². The number of benzene rings is 3. The number of ketones is 1. The fraction of sp³-hybridized carbons (Fsp3) is 0. The fourth-order valence-electron chi connectivity index (χ4n) is 3.02. The molecule has 22 heavy (non-hydrogen) atoms. The van der Waals surface area contributed by atoms with Crippen molar-refractivity contribution >= 4 is 11.4 Å². The van der Waals surface area contributed by atoms with Crippen molar-refractivity contribution in [3.05, 3.63) is 102 Å². The van der Waals surface area contributed by atoms with Crippen molar-refractivity contribution in [2.24, 2.45) is 0 Å². The van der Waals surface area contributed by atoms with Gasteiger partial charge in [0.25, 0.3) is 0 Å². The summed E-state index contributed by atoms with van der Waals surface area (Å²) >= 11 is 0. The van der Waals surface area contributed by atoms with E-state index in [0.717, 1.165) is 22.3 Å². The molecule has 0 aliphatic heterocycles. The van der Waals surface area contributed by atoms with Gasteiger partial charge in [0.2, 0.25) is 0 Å². The number of allylic oxidation sites excluding steroid dienone is 1. The first kappa shape index (κ1) is 12.8. The fourth-order valence-corrected chi connectivity index (χ4v) is 3.02. The maximum absolute atomic E-state index is 12.5. The van der Waals surface area contributed by atoms with E-state index in [2.05, 4.69) is 24.3 Å². The van der Waals surface area contributed by atoms with Gasteiger partial charge in [0, 0.05) is 5.56 Å². The predicted molar refractivity (Wildman–Crippen MR) is 89.7 cm³/mol. The van der Waals surface area contributed by atoms with Gasteiger partial charge in [0.05, 0.1) is 0 Å². The van der Waals surface area contributed by atoms with Crippen LogP contribution in [0.15, 0.2) is 84.9 Å². The second-order valence-electron chi connectivity index (χ2n) is 5.38. The maximum Gasteiger partial charge on any atom is 0.186 e. The molecule has 0 aromatic heterocycles. The number of fused-ring (bicyclic) bond motifs is 3. The zero-order chi connectivity index (χ0) is 14.9. The molecule has 0 amide bonds. The minimum Gasteiger partial charge on any atom is -0.289 e. The van der Waals surface area contributed by atoms with Crippen molar-refractivity contribution in [1.29, 1.82) is 0 Å². The normalized spacial score (nSPS) is 11.7. The van der Waals surface area contributed by atoms with Crippen molar-refractivity contribution < 1.29 is 4.79 Å². The Labute approximate surface area is 129 Å². The zero-order valence-corrected chi connectivity index (χ0v) is 12.0. The third kappa shape index (κ3) is 1.99. The van der Waals surface area contributed by atoms with Gasteiger partial charge < -0.3 is 0 Å². The average molecular weight is 282 g/mol. The Hall–Kier alpha value is -2.93. The molecule has 4 rings (SSSR count). The first-order valence-corrected chi connectivity index (χ1v) is 7.35. The zero-order valence-electron chi connectivity index (χ0n) is 12.0. The summed E-state index contributed by atoms with van der Waals surface area (Å²) in [5.41, 5.74) is 6.40. The standard InChI is InChI=1S/C21H14O/c22-21(15-8-2-1-3-9-15)14-20-18-12-6-4-10-16(18)17-11-5-7-13-19(17)20/h1-14H. The highest BCUT2D eigenvalue weighted by Gasteiger charge is 2.23. The first-order valence-electron chi connectivity index (χ1n) is 7.35. The Balaban J connectivity index is 1.88. The minimum absolute atomic E-state index is 0.0436. The summed E-state index contributed by atoms with van der Waals surface area (Å²) in [6.07, 6.45) is 1.76. The monoisotopic (exact) mass is 282 g/mol. The Morgan fingerprint density at radius 1 is 0.591 bits per heavy atom. The van der Waals surface area contributed by atoms with Gasteiger partial charge in [0.1, 0.15) is 0 Å². The first-order chi connectivity index (χ1) is 10.8. The third-order valence-corrected chi connectivity index (χ3v) is 4.06. The smallest absolute Gasteiger partial charge is 0.186 e. The summed E-state index contributed by atoms with van der Waals surface area (Å²) in [6.45, 7) is 0. The van der Waals surface area contributed by atoms with Crippen LogP contribution in [0.1, 0.15) is 21.5 Å². The lowest BCUT2D eigenvalue weighted by molar-refractivity contribution is 0.104. The van der Waals surface area contributed by atoms with Crippen molar-refractivity contribution in [1.82, 2.24) is 0 Å². The average Bonchev–Trinajstić information content (AvgIpc) is 2.90.